The number of carbonyl (C=O) groups is 1. The van der Waals surface area contributed by atoms with Crippen LogP contribution < -0.4 is 14.8 Å². The molecule has 0 bridgehead atoms. The van der Waals surface area contributed by atoms with Crippen LogP contribution in [0.5, 0.6) is 11.5 Å². The van der Waals surface area contributed by atoms with Gasteiger partial charge in [0, 0.05) is 25.1 Å². The van der Waals surface area contributed by atoms with Crippen molar-refractivity contribution < 1.29 is 27.4 Å². The number of aromatic nitrogens is 2. The minimum absolute atomic E-state index is 0.0262. The normalized spacial score (nSPS) is 25.2. The van der Waals surface area contributed by atoms with Gasteiger partial charge < -0.3 is 19.7 Å². The first-order chi connectivity index (χ1) is 15.6. The summed E-state index contributed by atoms with van der Waals surface area (Å²) in [5.41, 5.74) is 0.654. The Morgan fingerprint density at radius 3 is 2.52 bits per heavy atom. The van der Waals surface area contributed by atoms with Crippen molar-refractivity contribution in [3.05, 3.63) is 35.5 Å². The Kier molecular flexibility index (Phi) is 6.20. The van der Waals surface area contributed by atoms with Crippen LogP contribution in [0.4, 0.5) is 19.0 Å². The number of nitrogens with one attached hydrogen (secondary N) is 1. The lowest BCUT2D eigenvalue weighted by molar-refractivity contribution is -0.173. The molecule has 4 atom stereocenters. The zero-order valence-electron chi connectivity index (χ0n) is 19.1. The second-order valence-corrected chi connectivity index (χ2v) is 8.95. The summed E-state index contributed by atoms with van der Waals surface area (Å²) in [5, 5.41) is 7.26. The minimum atomic E-state index is -4.52. The van der Waals surface area contributed by atoms with Crippen LogP contribution in [0.3, 0.4) is 0 Å². The highest BCUT2D eigenvalue weighted by atomic mass is 19.4. The zero-order chi connectivity index (χ0) is 23.9. The van der Waals surface area contributed by atoms with Gasteiger partial charge in [-0.3, -0.25) is 4.79 Å². The molecular weight excluding hydrogens is 437 g/mol. The Bertz CT molecular complexity index is 1020. The first kappa shape index (κ1) is 23.3. The summed E-state index contributed by atoms with van der Waals surface area (Å²) in [5.74, 6) is 1.11. The molecule has 1 aromatic heterocycles. The fourth-order valence-corrected chi connectivity index (χ4v) is 4.68. The third-order valence-electron chi connectivity index (χ3n) is 6.60. The van der Waals surface area contributed by atoms with Crippen LogP contribution in [-0.4, -0.2) is 53.6 Å². The van der Waals surface area contributed by atoms with Crippen molar-refractivity contribution in [1.82, 2.24) is 14.7 Å². The molecule has 0 aliphatic carbocycles. The number of alkyl halides is 3. The molecule has 1 amide bonds. The average molecular weight is 467 g/mol. The van der Waals surface area contributed by atoms with Crippen LogP contribution in [0.2, 0.25) is 0 Å². The van der Waals surface area contributed by atoms with Gasteiger partial charge in [-0.2, -0.15) is 18.3 Å². The van der Waals surface area contributed by atoms with Crippen molar-refractivity contribution in [3.63, 3.8) is 0 Å². The van der Waals surface area contributed by atoms with Gasteiger partial charge in [0.15, 0.2) is 23.2 Å². The third-order valence-corrected chi connectivity index (χ3v) is 6.60. The number of piperidine rings is 1. The Balaban J connectivity index is 1.67. The van der Waals surface area contributed by atoms with Crippen molar-refractivity contribution in [2.24, 2.45) is 5.92 Å². The highest BCUT2D eigenvalue weighted by Gasteiger charge is 2.47. The van der Waals surface area contributed by atoms with Crippen LogP contribution in [-0.2, 0) is 0 Å². The van der Waals surface area contributed by atoms with Crippen LogP contribution in [0, 0.1) is 5.92 Å². The van der Waals surface area contributed by atoms with Gasteiger partial charge in [-0.1, -0.05) is 13.0 Å². The number of hydrogen-bond acceptors (Lipinski definition) is 5. The zero-order valence-corrected chi connectivity index (χ0v) is 19.1. The quantitative estimate of drug-likeness (QED) is 0.700. The third kappa shape index (κ3) is 4.47. The van der Waals surface area contributed by atoms with Gasteiger partial charge in [0.2, 0.25) is 0 Å². The molecule has 7 nitrogen and oxygen atoms in total. The molecule has 0 spiro atoms. The molecule has 0 saturated carbocycles. The molecule has 1 N–H and O–H groups in total. The van der Waals surface area contributed by atoms with Gasteiger partial charge in [0.25, 0.3) is 5.91 Å². The number of ether oxygens (including phenoxy) is 2. The van der Waals surface area contributed by atoms with Crippen molar-refractivity contribution >= 4 is 11.7 Å². The smallest absolute Gasteiger partial charge is 0.410 e. The van der Waals surface area contributed by atoms with E-state index in [2.05, 4.69) is 17.3 Å². The number of methoxy groups -OCH3 is 2. The van der Waals surface area contributed by atoms with E-state index < -0.39 is 18.3 Å². The second-order valence-electron chi connectivity index (χ2n) is 8.95. The van der Waals surface area contributed by atoms with E-state index >= 15 is 0 Å². The maximum atomic E-state index is 14.0. The lowest BCUT2D eigenvalue weighted by Gasteiger charge is -2.36. The monoisotopic (exact) mass is 466 g/mol. The fourth-order valence-electron chi connectivity index (χ4n) is 4.68. The molecule has 2 aliphatic heterocycles. The Labute approximate surface area is 190 Å². The van der Waals surface area contributed by atoms with Crippen LogP contribution >= 0.6 is 0 Å². The number of halogens is 3. The van der Waals surface area contributed by atoms with E-state index in [-0.39, 0.29) is 29.9 Å². The molecule has 2 aromatic rings. The number of rotatable bonds is 4. The van der Waals surface area contributed by atoms with Gasteiger partial charge in [0.1, 0.15) is 5.82 Å². The summed E-state index contributed by atoms with van der Waals surface area (Å²) in [6, 6.07) is 4.00. The molecule has 1 fully saturated rings. The van der Waals surface area contributed by atoms with Gasteiger partial charge in [-0.05, 0) is 43.4 Å². The average Bonchev–Trinajstić information content (AvgIpc) is 3.22. The number of amides is 1. The van der Waals surface area contributed by atoms with E-state index in [9.17, 15) is 18.0 Å². The Hall–Kier alpha value is -2.91. The number of likely N-dealkylation sites (tertiary alicyclic amines) is 1. The first-order valence-corrected chi connectivity index (χ1v) is 11.1. The predicted molar refractivity (Wildman–Crippen MR) is 117 cm³/mol. The number of anilines is 1. The summed E-state index contributed by atoms with van der Waals surface area (Å²) in [6.07, 6.45) is -2.90. The molecule has 10 heteroatoms. The Morgan fingerprint density at radius 2 is 1.85 bits per heavy atom. The van der Waals surface area contributed by atoms with Crippen LogP contribution in [0.1, 0.15) is 61.2 Å². The highest BCUT2D eigenvalue weighted by Crippen LogP contribution is 2.44. The molecule has 33 heavy (non-hydrogen) atoms. The summed E-state index contributed by atoms with van der Waals surface area (Å²) in [6.45, 7) is 4.61. The van der Waals surface area contributed by atoms with Gasteiger partial charge >= 0.3 is 6.18 Å². The van der Waals surface area contributed by atoms with Crippen LogP contribution in [0.15, 0.2) is 24.3 Å². The molecule has 1 saturated heterocycles. The lowest BCUT2D eigenvalue weighted by Crippen LogP contribution is -2.45. The Morgan fingerprint density at radius 1 is 1.12 bits per heavy atom. The van der Waals surface area contributed by atoms with Gasteiger partial charge in [-0.15, -0.1) is 0 Å². The van der Waals surface area contributed by atoms with E-state index in [1.54, 1.807) is 23.1 Å². The maximum Gasteiger partial charge on any atom is 0.410 e. The number of hydrogen-bond donors (Lipinski definition) is 1. The second kappa shape index (κ2) is 8.79. The maximum absolute atomic E-state index is 14.0. The summed E-state index contributed by atoms with van der Waals surface area (Å²) in [7, 11) is 2.97. The number of carbonyl (C=O) groups excluding carboxylic acids is 1. The standard InChI is InChI=1S/C23H29F3N4O3/c1-13-5-6-14(2)29(12-13)22(31)17-11-21-27-16(10-20(23(24,25)26)30(21)28-17)15-7-8-18(32-3)19(9-15)33-4/h7-9,11,13-14,16,20,27H,5-6,10,12H2,1-4H3. The SMILES string of the molecule is COc1ccc(C2CC(C(F)(F)F)n3nc(C(=O)N4CC(C)CCC4C)cc3N2)cc1OC. The van der Waals surface area contributed by atoms with Crippen molar-refractivity contribution in [1.29, 1.82) is 0 Å². The van der Waals surface area contributed by atoms with Crippen molar-refractivity contribution in [2.45, 2.75) is 57.4 Å². The van der Waals surface area contributed by atoms with Crippen LogP contribution in [0.25, 0.3) is 0 Å². The largest absolute Gasteiger partial charge is 0.493 e. The van der Waals surface area contributed by atoms with E-state index in [1.807, 2.05) is 6.92 Å². The first-order valence-electron chi connectivity index (χ1n) is 11.1. The van der Waals surface area contributed by atoms with Crippen molar-refractivity contribution in [3.8, 4) is 11.5 Å². The summed E-state index contributed by atoms with van der Waals surface area (Å²) >= 11 is 0. The fraction of sp³-hybridized carbons (Fsp3) is 0.565. The van der Waals surface area contributed by atoms with Gasteiger partial charge in [0.05, 0.1) is 20.3 Å². The van der Waals surface area contributed by atoms with E-state index in [0.717, 1.165) is 17.5 Å². The molecule has 180 valence electrons. The molecular formula is C23H29F3N4O3. The number of fused-ring (bicyclic) bond motifs is 1. The van der Waals surface area contributed by atoms with E-state index in [0.29, 0.717) is 29.5 Å². The highest BCUT2D eigenvalue weighted by molar-refractivity contribution is 5.93. The number of nitrogens with zero attached hydrogens (tertiary/aromatic N) is 3. The molecule has 2 aliphatic rings. The minimum Gasteiger partial charge on any atom is -0.493 e. The molecule has 3 heterocycles. The topological polar surface area (TPSA) is 68.6 Å². The lowest BCUT2D eigenvalue weighted by atomic mass is 9.95. The summed E-state index contributed by atoms with van der Waals surface area (Å²) in [4.78, 5) is 14.9. The summed E-state index contributed by atoms with van der Waals surface area (Å²) < 4.78 is 53.5. The van der Waals surface area contributed by atoms with Crippen molar-refractivity contribution in [2.75, 3.05) is 26.1 Å². The molecule has 4 unspecified atom stereocenters. The van der Waals surface area contributed by atoms with Gasteiger partial charge in [-0.25, -0.2) is 4.68 Å². The van der Waals surface area contributed by atoms with E-state index in [1.165, 1.54) is 20.3 Å². The number of benzene rings is 1. The molecule has 4 rings (SSSR count). The molecule has 1 aromatic carbocycles. The predicted octanol–water partition coefficient (Wildman–Crippen LogP) is 4.82. The molecule has 0 radical (unpaired) electrons. The van der Waals surface area contributed by atoms with E-state index in [4.69, 9.17) is 9.47 Å².